The van der Waals surface area contributed by atoms with Gasteiger partial charge < -0.3 is 5.11 Å². The number of benzene rings is 1. The van der Waals surface area contributed by atoms with Gasteiger partial charge in [0.15, 0.2) is 0 Å². The lowest BCUT2D eigenvalue weighted by molar-refractivity contribution is 0.275. The first-order chi connectivity index (χ1) is 5.69. The maximum absolute atomic E-state index is 13.0. The molecule has 1 aromatic carbocycles. The highest BCUT2D eigenvalue weighted by Gasteiger charge is 2.04. The van der Waals surface area contributed by atoms with Gasteiger partial charge in [0.1, 0.15) is 5.82 Å². The summed E-state index contributed by atoms with van der Waals surface area (Å²) >= 11 is 1.56. The standard InChI is InChI=1S/C9H11FOS/c1-6-3-8(10)7(5-11)4-9(6)12-2/h3-4,11H,5H2,1-2H3. The molecule has 1 nitrogen and oxygen atoms in total. The molecular weight excluding hydrogens is 175 g/mol. The zero-order valence-electron chi connectivity index (χ0n) is 7.10. The Morgan fingerprint density at radius 2 is 2.17 bits per heavy atom. The van der Waals surface area contributed by atoms with Gasteiger partial charge in [-0.1, -0.05) is 0 Å². The molecule has 0 unspecified atom stereocenters. The van der Waals surface area contributed by atoms with E-state index in [1.807, 2.05) is 13.2 Å². The molecule has 1 rings (SSSR count). The highest BCUT2D eigenvalue weighted by molar-refractivity contribution is 7.98. The molecule has 0 saturated heterocycles. The maximum Gasteiger partial charge on any atom is 0.129 e. The molecular formula is C9H11FOS. The summed E-state index contributed by atoms with van der Waals surface area (Å²) < 4.78 is 13.0. The first-order valence-corrected chi connectivity index (χ1v) is 4.85. The van der Waals surface area contributed by atoms with Crippen molar-refractivity contribution >= 4 is 11.8 Å². The van der Waals surface area contributed by atoms with E-state index < -0.39 is 0 Å². The second-order valence-corrected chi connectivity index (χ2v) is 3.42. The van der Waals surface area contributed by atoms with Gasteiger partial charge in [0, 0.05) is 10.5 Å². The summed E-state index contributed by atoms with van der Waals surface area (Å²) in [5.74, 6) is -0.326. The first kappa shape index (κ1) is 9.55. The summed E-state index contributed by atoms with van der Waals surface area (Å²) in [5.41, 5.74) is 1.28. The topological polar surface area (TPSA) is 20.2 Å². The molecule has 3 heteroatoms. The van der Waals surface area contributed by atoms with Gasteiger partial charge in [0.2, 0.25) is 0 Å². The summed E-state index contributed by atoms with van der Waals surface area (Å²) in [6.07, 6.45) is 1.93. The molecule has 0 aliphatic rings. The van der Waals surface area contributed by atoms with Crippen LogP contribution in [0, 0.1) is 12.7 Å². The summed E-state index contributed by atoms with van der Waals surface area (Å²) in [7, 11) is 0. The molecule has 0 radical (unpaired) electrons. The molecule has 0 heterocycles. The van der Waals surface area contributed by atoms with Crippen LogP contribution in [0.3, 0.4) is 0 Å². The number of hydrogen-bond donors (Lipinski definition) is 1. The second-order valence-electron chi connectivity index (χ2n) is 2.57. The zero-order chi connectivity index (χ0) is 9.14. The molecule has 0 spiro atoms. The Bertz CT molecular complexity index is 261. The number of halogens is 1. The number of hydrogen-bond acceptors (Lipinski definition) is 2. The van der Waals surface area contributed by atoms with Crippen molar-refractivity contribution in [2.75, 3.05) is 6.26 Å². The lowest BCUT2D eigenvalue weighted by atomic mass is 10.1. The Kier molecular flexibility index (Phi) is 3.12. The molecule has 66 valence electrons. The van der Waals surface area contributed by atoms with Crippen LogP contribution in [0.1, 0.15) is 11.1 Å². The largest absolute Gasteiger partial charge is 0.392 e. The third kappa shape index (κ3) is 1.79. The Hall–Kier alpha value is -0.540. The number of rotatable bonds is 2. The van der Waals surface area contributed by atoms with Crippen LogP contribution < -0.4 is 0 Å². The highest BCUT2D eigenvalue weighted by Crippen LogP contribution is 2.23. The van der Waals surface area contributed by atoms with Crippen molar-refractivity contribution in [3.63, 3.8) is 0 Å². The Morgan fingerprint density at radius 1 is 1.50 bits per heavy atom. The van der Waals surface area contributed by atoms with E-state index in [4.69, 9.17) is 5.11 Å². The minimum Gasteiger partial charge on any atom is -0.392 e. The number of aliphatic hydroxyl groups is 1. The zero-order valence-corrected chi connectivity index (χ0v) is 7.91. The predicted molar refractivity (Wildman–Crippen MR) is 48.8 cm³/mol. The van der Waals surface area contributed by atoms with Crippen LogP contribution in [0.25, 0.3) is 0 Å². The van der Waals surface area contributed by atoms with Crippen LogP contribution in [0.5, 0.6) is 0 Å². The van der Waals surface area contributed by atoms with E-state index in [1.54, 1.807) is 17.8 Å². The average Bonchev–Trinajstić information content (AvgIpc) is 2.05. The third-order valence-electron chi connectivity index (χ3n) is 1.73. The smallest absolute Gasteiger partial charge is 0.129 e. The van der Waals surface area contributed by atoms with Gasteiger partial charge in [-0.2, -0.15) is 0 Å². The molecule has 0 saturated carbocycles. The minimum atomic E-state index is -0.326. The Balaban J connectivity index is 3.18. The van der Waals surface area contributed by atoms with Crippen LogP contribution >= 0.6 is 11.8 Å². The van der Waals surface area contributed by atoms with Gasteiger partial charge in [-0.25, -0.2) is 4.39 Å². The lowest BCUT2D eigenvalue weighted by Gasteiger charge is -2.05. The number of aryl methyl sites for hydroxylation is 1. The molecule has 0 fully saturated rings. The van der Waals surface area contributed by atoms with Crippen LogP contribution in [0.15, 0.2) is 17.0 Å². The van der Waals surface area contributed by atoms with Crippen molar-refractivity contribution in [1.29, 1.82) is 0 Å². The molecule has 12 heavy (non-hydrogen) atoms. The molecule has 0 bridgehead atoms. The lowest BCUT2D eigenvalue weighted by Crippen LogP contribution is -1.92. The third-order valence-corrected chi connectivity index (χ3v) is 2.61. The van der Waals surface area contributed by atoms with E-state index in [2.05, 4.69) is 0 Å². The van der Waals surface area contributed by atoms with Crippen LogP contribution in [-0.4, -0.2) is 11.4 Å². The molecule has 0 aromatic heterocycles. The van der Waals surface area contributed by atoms with Gasteiger partial charge in [-0.05, 0) is 30.9 Å². The quantitative estimate of drug-likeness (QED) is 0.715. The van der Waals surface area contributed by atoms with Crippen molar-refractivity contribution in [3.8, 4) is 0 Å². The van der Waals surface area contributed by atoms with Crippen molar-refractivity contribution in [2.45, 2.75) is 18.4 Å². The van der Waals surface area contributed by atoms with Gasteiger partial charge >= 0.3 is 0 Å². The molecule has 0 aliphatic carbocycles. The van der Waals surface area contributed by atoms with Crippen LogP contribution in [0.2, 0.25) is 0 Å². The number of thioether (sulfide) groups is 1. The number of aliphatic hydroxyl groups excluding tert-OH is 1. The summed E-state index contributed by atoms with van der Waals surface area (Å²) in [6.45, 7) is 1.62. The van der Waals surface area contributed by atoms with Gasteiger partial charge in [-0.15, -0.1) is 11.8 Å². The van der Waals surface area contributed by atoms with Crippen LogP contribution in [-0.2, 0) is 6.61 Å². The van der Waals surface area contributed by atoms with Crippen molar-refractivity contribution in [2.24, 2.45) is 0 Å². The van der Waals surface area contributed by atoms with Crippen LogP contribution in [0.4, 0.5) is 4.39 Å². The first-order valence-electron chi connectivity index (χ1n) is 3.63. The van der Waals surface area contributed by atoms with E-state index in [0.717, 1.165) is 10.5 Å². The summed E-state index contributed by atoms with van der Waals surface area (Å²) in [6, 6.07) is 3.15. The monoisotopic (exact) mass is 186 g/mol. The SMILES string of the molecule is CSc1cc(CO)c(F)cc1C. The molecule has 0 atom stereocenters. The van der Waals surface area contributed by atoms with Gasteiger partial charge in [0.05, 0.1) is 6.61 Å². The normalized spacial score (nSPS) is 10.3. The van der Waals surface area contributed by atoms with E-state index >= 15 is 0 Å². The van der Waals surface area contributed by atoms with E-state index in [9.17, 15) is 4.39 Å². The van der Waals surface area contributed by atoms with Crippen molar-refractivity contribution < 1.29 is 9.50 Å². The minimum absolute atomic E-state index is 0.236. The highest BCUT2D eigenvalue weighted by atomic mass is 32.2. The van der Waals surface area contributed by atoms with E-state index in [-0.39, 0.29) is 12.4 Å². The van der Waals surface area contributed by atoms with E-state index in [0.29, 0.717) is 5.56 Å². The molecule has 1 N–H and O–H groups in total. The summed E-state index contributed by atoms with van der Waals surface area (Å²) in [4.78, 5) is 1.01. The summed E-state index contributed by atoms with van der Waals surface area (Å²) in [5, 5.41) is 8.78. The Labute approximate surface area is 75.6 Å². The van der Waals surface area contributed by atoms with Gasteiger partial charge in [-0.3, -0.25) is 0 Å². The van der Waals surface area contributed by atoms with Crippen molar-refractivity contribution in [1.82, 2.24) is 0 Å². The van der Waals surface area contributed by atoms with Crippen molar-refractivity contribution in [3.05, 3.63) is 29.1 Å². The predicted octanol–water partition coefficient (Wildman–Crippen LogP) is 2.35. The Morgan fingerprint density at radius 3 is 2.67 bits per heavy atom. The van der Waals surface area contributed by atoms with E-state index in [1.165, 1.54) is 6.07 Å². The average molecular weight is 186 g/mol. The fraction of sp³-hybridized carbons (Fsp3) is 0.333. The van der Waals surface area contributed by atoms with Gasteiger partial charge in [0.25, 0.3) is 0 Å². The maximum atomic E-state index is 13.0. The fourth-order valence-electron chi connectivity index (χ4n) is 1.04. The molecule has 0 aliphatic heterocycles. The fourth-order valence-corrected chi connectivity index (χ4v) is 1.68. The second kappa shape index (κ2) is 3.92. The molecule has 1 aromatic rings. The molecule has 0 amide bonds.